The molecule has 0 aliphatic heterocycles. The molecule has 0 amide bonds. The lowest BCUT2D eigenvalue weighted by Gasteiger charge is -2.15. The molecule has 0 aliphatic rings. The second kappa shape index (κ2) is 12.8. The summed E-state index contributed by atoms with van der Waals surface area (Å²) >= 11 is 1.76. The molecule has 0 saturated carbocycles. The highest BCUT2D eigenvalue weighted by Gasteiger charge is 2.08. The molecule has 0 fully saturated rings. The maximum Gasteiger partial charge on any atom is 0.149 e. The lowest BCUT2D eigenvalue weighted by Crippen LogP contribution is -2.30. The smallest absolute Gasteiger partial charge is 0.149 e. The highest BCUT2D eigenvalue weighted by Crippen LogP contribution is 2.19. The van der Waals surface area contributed by atoms with Crippen LogP contribution in [-0.4, -0.2) is 31.3 Å². The molecule has 5 nitrogen and oxygen atoms in total. The Balaban J connectivity index is 2.03. The highest BCUT2D eigenvalue weighted by molar-refractivity contribution is 7.99. The fourth-order valence-corrected chi connectivity index (χ4v) is 3.49. The zero-order valence-corrected chi connectivity index (χ0v) is 18.9. The van der Waals surface area contributed by atoms with Gasteiger partial charge in [-0.25, -0.2) is 4.99 Å². The molecule has 1 aromatic carbocycles. The number of thioether (sulfide) groups is 1. The molecule has 0 spiro atoms. The van der Waals surface area contributed by atoms with Crippen LogP contribution in [0.5, 0.6) is 0 Å². The van der Waals surface area contributed by atoms with Gasteiger partial charge in [-0.3, -0.25) is 5.32 Å². The molecule has 1 heterocycles. The van der Waals surface area contributed by atoms with Crippen LogP contribution >= 0.6 is 11.8 Å². The summed E-state index contributed by atoms with van der Waals surface area (Å²) in [5.74, 6) is 2.23. The summed E-state index contributed by atoms with van der Waals surface area (Å²) in [4.78, 5) is 5.96. The molecule has 0 aliphatic carbocycles. The summed E-state index contributed by atoms with van der Waals surface area (Å²) in [5.41, 5.74) is 2.84. The first-order valence-electron chi connectivity index (χ1n) is 10.1. The van der Waals surface area contributed by atoms with E-state index in [1.54, 1.807) is 24.1 Å². The van der Waals surface area contributed by atoms with Gasteiger partial charge in [0.1, 0.15) is 17.8 Å². The van der Waals surface area contributed by atoms with Crippen molar-refractivity contribution in [2.24, 2.45) is 4.99 Å². The molecule has 1 atom stereocenters. The van der Waals surface area contributed by atoms with Crippen LogP contribution in [0.4, 0.5) is 0 Å². The monoisotopic (exact) mass is 424 g/mol. The van der Waals surface area contributed by atoms with Crippen molar-refractivity contribution in [2.45, 2.75) is 31.3 Å². The van der Waals surface area contributed by atoms with E-state index in [0.29, 0.717) is 11.5 Å². The molecule has 3 N–H and O–H groups in total. The minimum absolute atomic E-state index is 0.0589. The largest absolute Gasteiger partial charge is 0.463 e. The third-order valence-electron chi connectivity index (χ3n) is 4.21. The van der Waals surface area contributed by atoms with Gasteiger partial charge in [-0.2, -0.15) is 0 Å². The number of benzene rings is 1. The first kappa shape index (κ1) is 23.6. The van der Waals surface area contributed by atoms with E-state index in [4.69, 9.17) is 9.41 Å². The normalized spacial score (nSPS) is 13.0. The van der Waals surface area contributed by atoms with Gasteiger partial charge in [0.25, 0.3) is 0 Å². The Labute approximate surface area is 184 Å². The van der Waals surface area contributed by atoms with E-state index >= 15 is 0 Å². The molecule has 2 aromatic rings. The van der Waals surface area contributed by atoms with Gasteiger partial charge in [-0.05, 0) is 56.8 Å². The van der Waals surface area contributed by atoms with Crippen LogP contribution < -0.4 is 16.0 Å². The summed E-state index contributed by atoms with van der Waals surface area (Å²) < 4.78 is 5.53. The third-order valence-corrected chi connectivity index (χ3v) is 5.30. The number of amidine groups is 1. The van der Waals surface area contributed by atoms with E-state index < -0.39 is 0 Å². The number of allylic oxidation sites excluding steroid dienone is 1. The Morgan fingerprint density at radius 1 is 1.27 bits per heavy atom. The van der Waals surface area contributed by atoms with Crippen molar-refractivity contribution in [1.29, 1.82) is 0 Å². The Morgan fingerprint density at radius 3 is 2.63 bits per heavy atom. The molecule has 0 saturated heterocycles. The fourth-order valence-electron chi connectivity index (χ4n) is 2.57. The number of furan rings is 1. The lowest BCUT2D eigenvalue weighted by molar-refractivity contribution is 0.546. The molecule has 0 radical (unpaired) electrons. The van der Waals surface area contributed by atoms with Gasteiger partial charge < -0.3 is 15.1 Å². The number of hydrogen-bond donors (Lipinski definition) is 3. The molecule has 30 heavy (non-hydrogen) atoms. The van der Waals surface area contributed by atoms with Crippen LogP contribution in [0.25, 0.3) is 5.70 Å². The van der Waals surface area contributed by atoms with Crippen molar-refractivity contribution in [1.82, 2.24) is 16.0 Å². The van der Waals surface area contributed by atoms with E-state index in [2.05, 4.69) is 67.2 Å². The number of aliphatic imine (C=N–C) groups is 1. The van der Waals surface area contributed by atoms with Crippen LogP contribution in [0.3, 0.4) is 0 Å². The maximum absolute atomic E-state index is 5.53. The topological polar surface area (TPSA) is 61.6 Å². The predicted octanol–water partition coefficient (Wildman–Crippen LogP) is 4.95. The van der Waals surface area contributed by atoms with Gasteiger partial charge in [0, 0.05) is 22.9 Å². The average molecular weight is 425 g/mol. The van der Waals surface area contributed by atoms with Crippen molar-refractivity contribution in [3.63, 3.8) is 0 Å². The number of aryl methyl sites for hydroxylation is 1. The van der Waals surface area contributed by atoms with E-state index in [1.807, 2.05) is 25.3 Å². The lowest BCUT2D eigenvalue weighted by atomic mass is 10.2. The fraction of sp³-hybridized carbons (Fsp3) is 0.292. The maximum atomic E-state index is 5.53. The van der Waals surface area contributed by atoms with Crippen molar-refractivity contribution >= 4 is 23.3 Å². The van der Waals surface area contributed by atoms with Crippen LogP contribution in [0, 0.1) is 6.92 Å². The number of nitrogens with one attached hydrogen (secondary N) is 3. The quantitative estimate of drug-likeness (QED) is 0.195. The summed E-state index contributed by atoms with van der Waals surface area (Å²) in [6, 6.07) is 12.3. The molecule has 1 aromatic heterocycles. The van der Waals surface area contributed by atoms with Gasteiger partial charge in [0.05, 0.1) is 12.0 Å². The van der Waals surface area contributed by atoms with Crippen molar-refractivity contribution in [3.8, 4) is 0 Å². The minimum atomic E-state index is -0.0589. The van der Waals surface area contributed by atoms with Gasteiger partial charge >= 0.3 is 0 Å². The van der Waals surface area contributed by atoms with Crippen LogP contribution in [0.15, 0.2) is 88.0 Å². The van der Waals surface area contributed by atoms with E-state index in [9.17, 15) is 0 Å². The van der Waals surface area contributed by atoms with Crippen molar-refractivity contribution in [2.75, 3.05) is 19.3 Å². The second-order valence-electron chi connectivity index (χ2n) is 6.76. The van der Waals surface area contributed by atoms with E-state index in [1.165, 1.54) is 10.5 Å². The Morgan fingerprint density at radius 2 is 2.03 bits per heavy atom. The van der Waals surface area contributed by atoms with E-state index in [-0.39, 0.29) is 6.17 Å². The van der Waals surface area contributed by atoms with Crippen LogP contribution in [0.2, 0.25) is 0 Å². The van der Waals surface area contributed by atoms with Gasteiger partial charge in [0.2, 0.25) is 0 Å². The molecular weight excluding hydrogens is 392 g/mol. The van der Waals surface area contributed by atoms with E-state index in [0.717, 1.165) is 30.2 Å². The summed E-state index contributed by atoms with van der Waals surface area (Å²) in [6.45, 7) is 13.1. The number of nitrogens with zero attached hydrogens (tertiary/aromatic N) is 1. The molecule has 6 heteroatoms. The first-order valence-corrected chi connectivity index (χ1v) is 11.1. The minimum Gasteiger partial charge on any atom is -0.463 e. The first-order chi connectivity index (χ1) is 14.5. The highest BCUT2D eigenvalue weighted by atomic mass is 32.2. The SMILES string of the molecule is C=C/C(=N\C(CSc1ccc(C)cc1)NC)NC(=C)/C=C(\NCCC)c1ccco1. The number of rotatable bonds is 12. The second-order valence-corrected chi connectivity index (χ2v) is 7.85. The Kier molecular flexibility index (Phi) is 10.0. The van der Waals surface area contributed by atoms with Crippen LogP contribution in [-0.2, 0) is 0 Å². The molecule has 0 bridgehead atoms. The molecular formula is C24H32N4OS. The molecule has 1 unspecified atom stereocenters. The van der Waals surface area contributed by atoms with Gasteiger partial charge in [-0.1, -0.05) is 37.8 Å². The summed E-state index contributed by atoms with van der Waals surface area (Å²) in [5, 5.41) is 9.85. The Bertz CT molecular complexity index is 854. The zero-order valence-electron chi connectivity index (χ0n) is 18.1. The van der Waals surface area contributed by atoms with Gasteiger partial charge in [-0.15, -0.1) is 11.8 Å². The third kappa shape index (κ3) is 7.97. The predicted molar refractivity (Wildman–Crippen MR) is 130 cm³/mol. The zero-order chi connectivity index (χ0) is 21.8. The standard InChI is InChI=1S/C24H32N4OS/c1-6-14-26-21(22-9-8-15-29-22)16-19(4)27-23(7-2)28-24(25-5)17-30-20-12-10-18(3)11-13-20/h7-13,15-16,24-26H,2,4,6,14,17H2,1,3,5H3,(H,27,28)/b21-16-. The molecule has 2 rings (SSSR count). The summed E-state index contributed by atoms with van der Waals surface area (Å²) in [6.07, 6.45) is 6.23. The number of hydrogen-bond acceptors (Lipinski definition) is 5. The Hall–Kier alpha value is -2.70. The van der Waals surface area contributed by atoms with Crippen molar-refractivity contribution < 1.29 is 4.42 Å². The average Bonchev–Trinajstić information content (AvgIpc) is 3.29. The van der Waals surface area contributed by atoms with Crippen molar-refractivity contribution in [3.05, 3.63) is 85.0 Å². The van der Waals surface area contributed by atoms with Crippen LogP contribution in [0.1, 0.15) is 24.7 Å². The summed E-state index contributed by atoms with van der Waals surface area (Å²) in [7, 11) is 1.91. The molecule has 160 valence electrons. The van der Waals surface area contributed by atoms with Gasteiger partial charge in [0.15, 0.2) is 0 Å².